The molecule has 0 aliphatic heterocycles. The van der Waals surface area contributed by atoms with E-state index in [9.17, 15) is 0 Å². The van der Waals surface area contributed by atoms with Crippen LogP contribution in [0.5, 0.6) is 0 Å². The molecule has 4 saturated carbocycles. The lowest BCUT2D eigenvalue weighted by molar-refractivity contribution is 0.165. The molecule has 0 aromatic heterocycles. The molecule has 0 nitrogen and oxygen atoms in total. The number of fused-ring (bicyclic) bond motifs is 2. The Morgan fingerprint density at radius 3 is 1.31 bits per heavy atom. The van der Waals surface area contributed by atoms with Crippen molar-refractivity contribution in [2.45, 2.75) is 88.9 Å². The second-order valence-corrected chi connectivity index (χ2v) is 11.8. The van der Waals surface area contributed by atoms with Crippen LogP contribution < -0.4 is 0 Å². The first-order valence-electron chi connectivity index (χ1n) is 14.0. The highest BCUT2D eigenvalue weighted by atomic mass is 14.5. The minimum Gasteiger partial charge on any atom is -0.0622 e. The number of rotatable bonds is 5. The first-order valence-corrected chi connectivity index (χ1v) is 14.0. The Morgan fingerprint density at radius 2 is 0.875 bits per heavy atom. The van der Waals surface area contributed by atoms with Gasteiger partial charge < -0.3 is 0 Å². The van der Waals surface area contributed by atoms with Crippen LogP contribution >= 0.6 is 0 Å². The fraction of sp³-hybridized carbons (Fsp3) is 0.625. The second-order valence-electron chi connectivity index (χ2n) is 11.8. The average molecular weight is 427 g/mol. The molecule has 6 rings (SSSR count). The van der Waals surface area contributed by atoms with Crippen molar-refractivity contribution in [1.29, 1.82) is 0 Å². The molecule has 0 bridgehead atoms. The summed E-state index contributed by atoms with van der Waals surface area (Å²) in [5, 5.41) is 0. The smallest absolute Gasteiger partial charge is 0.0131 e. The van der Waals surface area contributed by atoms with E-state index < -0.39 is 0 Å². The summed E-state index contributed by atoms with van der Waals surface area (Å²) in [5.74, 6) is 7.75. The van der Waals surface area contributed by atoms with Crippen LogP contribution in [-0.4, -0.2) is 0 Å². The van der Waals surface area contributed by atoms with Gasteiger partial charge in [0.05, 0.1) is 0 Å². The van der Waals surface area contributed by atoms with Gasteiger partial charge in [-0.1, -0.05) is 73.5 Å². The Hall–Kier alpha value is -1.56. The van der Waals surface area contributed by atoms with Crippen molar-refractivity contribution in [3.8, 4) is 0 Å². The highest BCUT2D eigenvalue weighted by Crippen LogP contribution is 2.56. The van der Waals surface area contributed by atoms with Crippen LogP contribution in [0.1, 0.15) is 100 Å². The van der Waals surface area contributed by atoms with Crippen molar-refractivity contribution in [3.63, 3.8) is 0 Å². The number of benzene rings is 2. The lowest BCUT2D eigenvalue weighted by atomic mass is 9.67. The summed E-state index contributed by atoms with van der Waals surface area (Å²) >= 11 is 0. The molecule has 32 heavy (non-hydrogen) atoms. The Balaban J connectivity index is 1.08. The molecular weight excluding hydrogens is 384 g/mol. The molecule has 0 heterocycles. The van der Waals surface area contributed by atoms with Crippen molar-refractivity contribution >= 4 is 0 Å². The molecule has 8 atom stereocenters. The summed E-state index contributed by atoms with van der Waals surface area (Å²) in [6.07, 6.45) is 17.9. The van der Waals surface area contributed by atoms with Gasteiger partial charge in [0.25, 0.3) is 0 Å². The minimum absolute atomic E-state index is 0.848. The SMILES string of the molecule is c1ccc(C2CCCC3C(CCC4CCC5C(c6ccccc6)CCCC45)CCC23)cc1. The van der Waals surface area contributed by atoms with Gasteiger partial charge >= 0.3 is 0 Å². The average Bonchev–Trinajstić information content (AvgIpc) is 3.47. The van der Waals surface area contributed by atoms with Crippen molar-refractivity contribution in [1.82, 2.24) is 0 Å². The Kier molecular flexibility index (Phi) is 6.14. The molecule has 2 aromatic rings. The summed E-state index contributed by atoms with van der Waals surface area (Å²) in [6, 6.07) is 23.0. The first-order chi connectivity index (χ1) is 15.9. The standard InChI is InChI=1S/C32H42/c1-3-9-23(10-4-1)27-13-7-15-29-25(19-21-31(27)29)17-18-26-20-22-32-28(14-8-16-30(26)32)24-11-5-2-6-12-24/h1-6,9-12,25-32H,7-8,13-22H2. The molecule has 0 spiro atoms. The van der Waals surface area contributed by atoms with Gasteiger partial charge in [0.1, 0.15) is 0 Å². The van der Waals surface area contributed by atoms with E-state index in [-0.39, 0.29) is 0 Å². The predicted molar refractivity (Wildman–Crippen MR) is 135 cm³/mol. The van der Waals surface area contributed by atoms with Gasteiger partial charge in [0.2, 0.25) is 0 Å². The van der Waals surface area contributed by atoms with Crippen molar-refractivity contribution in [2.24, 2.45) is 35.5 Å². The molecule has 4 aliphatic carbocycles. The fourth-order valence-corrected chi connectivity index (χ4v) is 9.22. The second kappa shape index (κ2) is 9.36. The van der Waals surface area contributed by atoms with E-state index in [0.29, 0.717) is 0 Å². The van der Waals surface area contributed by atoms with Gasteiger partial charge in [-0.2, -0.15) is 0 Å². The van der Waals surface area contributed by atoms with E-state index in [1.165, 1.54) is 77.0 Å². The number of hydrogen-bond acceptors (Lipinski definition) is 0. The molecular formula is C32H42. The molecule has 0 N–H and O–H groups in total. The molecule has 4 fully saturated rings. The van der Waals surface area contributed by atoms with Gasteiger partial charge in [0.15, 0.2) is 0 Å². The predicted octanol–water partition coefficient (Wildman–Crippen LogP) is 8.99. The van der Waals surface area contributed by atoms with Crippen molar-refractivity contribution in [2.75, 3.05) is 0 Å². The number of hydrogen-bond donors (Lipinski definition) is 0. The van der Waals surface area contributed by atoms with Gasteiger partial charge in [0, 0.05) is 0 Å². The van der Waals surface area contributed by atoms with Crippen LogP contribution in [0.3, 0.4) is 0 Å². The zero-order valence-corrected chi connectivity index (χ0v) is 19.9. The minimum atomic E-state index is 0.848. The molecule has 0 radical (unpaired) electrons. The Labute approximate surface area is 196 Å². The van der Waals surface area contributed by atoms with E-state index in [4.69, 9.17) is 0 Å². The van der Waals surface area contributed by atoms with E-state index >= 15 is 0 Å². The van der Waals surface area contributed by atoms with E-state index in [2.05, 4.69) is 60.7 Å². The molecule has 170 valence electrons. The quantitative estimate of drug-likeness (QED) is 0.447. The van der Waals surface area contributed by atoms with Crippen LogP contribution in [0.25, 0.3) is 0 Å². The van der Waals surface area contributed by atoms with Crippen LogP contribution in [0.15, 0.2) is 60.7 Å². The summed E-state index contributed by atoms with van der Waals surface area (Å²) in [6.45, 7) is 0. The van der Waals surface area contributed by atoms with Crippen molar-refractivity contribution < 1.29 is 0 Å². The highest BCUT2D eigenvalue weighted by molar-refractivity contribution is 5.23. The zero-order chi connectivity index (χ0) is 21.3. The third-order valence-electron chi connectivity index (χ3n) is 10.6. The third kappa shape index (κ3) is 3.97. The van der Waals surface area contributed by atoms with Gasteiger partial charge in [-0.3, -0.25) is 0 Å². The maximum Gasteiger partial charge on any atom is -0.0131 e. The normalized spacial score (nSPS) is 38.9. The van der Waals surface area contributed by atoms with E-state index in [1.807, 2.05) is 0 Å². The lowest BCUT2D eigenvalue weighted by Gasteiger charge is -2.38. The summed E-state index contributed by atoms with van der Waals surface area (Å²) in [4.78, 5) is 0. The van der Waals surface area contributed by atoms with Gasteiger partial charge in [-0.15, -0.1) is 0 Å². The summed E-state index contributed by atoms with van der Waals surface area (Å²) < 4.78 is 0. The van der Waals surface area contributed by atoms with Crippen LogP contribution in [-0.2, 0) is 0 Å². The van der Waals surface area contributed by atoms with Gasteiger partial charge in [-0.05, 0) is 123 Å². The highest BCUT2D eigenvalue weighted by Gasteiger charge is 2.45. The molecule has 8 unspecified atom stereocenters. The monoisotopic (exact) mass is 426 g/mol. The third-order valence-corrected chi connectivity index (χ3v) is 10.6. The van der Waals surface area contributed by atoms with Gasteiger partial charge in [-0.25, -0.2) is 0 Å². The van der Waals surface area contributed by atoms with E-state index in [1.54, 1.807) is 11.1 Å². The van der Waals surface area contributed by atoms with Crippen LogP contribution in [0.4, 0.5) is 0 Å². The maximum atomic E-state index is 2.41. The largest absolute Gasteiger partial charge is 0.0622 e. The Morgan fingerprint density at radius 1 is 0.438 bits per heavy atom. The van der Waals surface area contributed by atoms with Crippen LogP contribution in [0.2, 0.25) is 0 Å². The molecule has 0 heteroatoms. The molecule has 0 amide bonds. The summed E-state index contributed by atoms with van der Waals surface area (Å²) in [7, 11) is 0. The molecule has 4 aliphatic rings. The summed E-state index contributed by atoms with van der Waals surface area (Å²) in [5.41, 5.74) is 3.27. The maximum absolute atomic E-state index is 2.41. The van der Waals surface area contributed by atoms with Crippen LogP contribution in [0, 0.1) is 35.5 Å². The first kappa shape index (κ1) is 21.0. The molecule has 2 aromatic carbocycles. The van der Waals surface area contributed by atoms with Crippen molar-refractivity contribution in [3.05, 3.63) is 71.8 Å². The van der Waals surface area contributed by atoms with E-state index in [0.717, 1.165) is 47.3 Å². The zero-order valence-electron chi connectivity index (χ0n) is 19.9. The Bertz CT molecular complexity index is 781. The topological polar surface area (TPSA) is 0 Å². The lowest BCUT2D eigenvalue weighted by Crippen LogP contribution is -2.27. The fourth-order valence-electron chi connectivity index (χ4n) is 9.22. The molecule has 0 saturated heterocycles.